The molecule has 4 rings (SSSR count). The highest BCUT2D eigenvalue weighted by Crippen LogP contribution is 2.30. The molecule has 3 aromatic rings. The third-order valence-corrected chi connectivity index (χ3v) is 6.67. The highest BCUT2D eigenvalue weighted by atomic mass is 32.2. The van der Waals surface area contributed by atoms with Crippen LogP contribution in [0.2, 0.25) is 0 Å². The van der Waals surface area contributed by atoms with Gasteiger partial charge < -0.3 is 0 Å². The fourth-order valence-electron chi connectivity index (χ4n) is 3.25. The van der Waals surface area contributed by atoms with Gasteiger partial charge in [0.25, 0.3) is 0 Å². The Hall–Kier alpha value is -2.65. The number of nitrogens with zero attached hydrogens (tertiary/aromatic N) is 4. The molecule has 0 aliphatic carbocycles. The second-order valence-electron chi connectivity index (χ2n) is 6.39. The van der Waals surface area contributed by atoms with E-state index in [4.69, 9.17) is 0 Å². The average Bonchev–Trinajstić information content (AvgIpc) is 3.19. The summed E-state index contributed by atoms with van der Waals surface area (Å²) in [5.41, 5.74) is 0.868. The van der Waals surface area contributed by atoms with E-state index in [1.54, 1.807) is 12.4 Å². The predicted octanol–water partition coefficient (Wildman–Crippen LogP) is 2.57. The van der Waals surface area contributed by atoms with Crippen molar-refractivity contribution in [2.45, 2.75) is 23.7 Å². The minimum Gasteiger partial charge on any atom is -0.265 e. The Balaban J connectivity index is 1.47. The first-order valence-electron chi connectivity index (χ1n) is 8.63. The number of aromatic amines is 1. The molecule has 2 aromatic heterocycles. The van der Waals surface area contributed by atoms with Crippen molar-refractivity contribution in [1.82, 2.24) is 24.5 Å². The van der Waals surface area contributed by atoms with Gasteiger partial charge in [0, 0.05) is 37.0 Å². The third kappa shape index (κ3) is 3.47. The molecule has 0 spiro atoms. The zero-order valence-electron chi connectivity index (χ0n) is 14.4. The van der Waals surface area contributed by atoms with E-state index in [1.165, 1.54) is 22.5 Å². The Labute approximate surface area is 156 Å². The van der Waals surface area contributed by atoms with Gasteiger partial charge in [-0.3, -0.25) is 10.1 Å². The molecule has 0 bridgehead atoms. The van der Waals surface area contributed by atoms with Gasteiger partial charge in [-0.2, -0.15) is 9.40 Å². The molecule has 0 atom stereocenters. The van der Waals surface area contributed by atoms with E-state index in [1.807, 2.05) is 12.1 Å². The van der Waals surface area contributed by atoms with E-state index in [0.717, 1.165) is 17.5 Å². The van der Waals surface area contributed by atoms with Gasteiger partial charge in [0.2, 0.25) is 10.0 Å². The van der Waals surface area contributed by atoms with Crippen molar-refractivity contribution in [2.24, 2.45) is 0 Å². The van der Waals surface area contributed by atoms with Crippen molar-refractivity contribution in [3.63, 3.8) is 0 Å². The van der Waals surface area contributed by atoms with Gasteiger partial charge in [0.05, 0.1) is 0 Å². The van der Waals surface area contributed by atoms with Gasteiger partial charge in [-0.15, -0.1) is 0 Å². The summed E-state index contributed by atoms with van der Waals surface area (Å²) in [5, 5.41) is 7.20. The van der Waals surface area contributed by atoms with Gasteiger partial charge in [-0.1, -0.05) is 12.1 Å². The quantitative estimate of drug-likeness (QED) is 0.743. The number of halogens is 1. The smallest absolute Gasteiger partial charge is 0.245 e. The molecule has 1 N–H and O–H groups in total. The normalized spacial score (nSPS) is 16.5. The van der Waals surface area contributed by atoms with Crippen molar-refractivity contribution in [3.05, 3.63) is 60.4 Å². The number of piperidine rings is 1. The van der Waals surface area contributed by atoms with Crippen LogP contribution in [0, 0.1) is 5.82 Å². The summed E-state index contributed by atoms with van der Waals surface area (Å²) in [6, 6.07) is 9.12. The van der Waals surface area contributed by atoms with Gasteiger partial charge >= 0.3 is 0 Å². The van der Waals surface area contributed by atoms with Crippen molar-refractivity contribution in [3.8, 4) is 11.4 Å². The highest BCUT2D eigenvalue weighted by molar-refractivity contribution is 7.89. The van der Waals surface area contributed by atoms with E-state index in [9.17, 15) is 12.8 Å². The first kappa shape index (κ1) is 17.7. The zero-order chi connectivity index (χ0) is 18.9. The molecule has 0 radical (unpaired) electrons. The molecule has 140 valence electrons. The first-order chi connectivity index (χ1) is 13.1. The van der Waals surface area contributed by atoms with Gasteiger partial charge in [-0.25, -0.2) is 17.8 Å². The maximum Gasteiger partial charge on any atom is 0.245 e. The first-order valence-corrected chi connectivity index (χ1v) is 10.1. The van der Waals surface area contributed by atoms with E-state index in [0.29, 0.717) is 31.8 Å². The highest BCUT2D eigenvalue weighted by Gasteiger charge is 2.32. The number of hydrogen-bond donors (Lipinski definition) is 1. The number of hydrogen-bond acceptors (Lipinski definition) is 5. The minimum atomic E-state index is -3.83. The molecule has 7 nitrogen and oxygen atoms in total. The van der Waals surface area contributed by atoms with Crippen LogP contribution in [0.25, 0.3) is 11.4 Å². The summed E-state index contributed by atoms with van der Waals surface area (Å²) >= 11 is 0. The molecule has 0 saturated carbocycles. The molecule has 1 saturated heterocycles. The second kappa shape index (κ2) is 7.16. The summed E-state index contributed by atoms with van der Waals surface area (Å²) in [4.78, 5) is 8.24. The summed E-state index contributed by atoms with van der Waals surface area (Å²) < 4.78 is 40.6. The third-order valence-electron chi connectivity index (χ3n) is 4.74. The number of rotatable bonds is 4. The predicted molar refractivity (Wildman–Crippen MR) is 96.7 cm³/mol. The molecule has 1 aliphatic rings. The van der Waals surface area contributed by atoms with Crippen LogP contribution in [-0.2, 0) is 10.0 Å². The number of nitrogens with one attached hydrogen (secondary N) is 1. The molecule has 9 heteroatoms. The molecule has 1 fully saturated rings. The van der Waals surface area contributed by atoms with Crippen LogP contribution in [0.1, 0.15) is 24.6 Å². The lowest BCUT2D eigenvalue weighted by Crippen LogP contribution is -2.38. The van der Waals surface area contributed by atoms with E-state index in [2.05, 4.69) is 20.2 Å². The summed E-state index contributed by atoms with van der Waals surface area (Å²) in [6.07, 6.45) is 4.55. The molecular weight excluding hydrogens is 369 g/mol. The van der Waals surface area contributed by atoms with E-state index >= 15 is 0 Å². The maximum absolute atomic E-state index is 13.9. The molecule has 0 amide bonds. The van der Waals surface area contributed by atoms with Gasteiger partial charge in [-0.05, 0) is 37.1 Å². The lowest BCUT2D eigenvalue weighted by atomic mass is 9.97. The largest absolute Gasteiger partial charge is 0.265 e. The molecule has 1 aliphatic heterocycles. The molecule has 3 heterocycles. The number of benzene rings is 1. The fraction of sp³-hybridized carbons (Fsp3) is 0.278. The summed E-state index contributed by atoms with van der Waals surface area (Å²) in [5.74, 6) is 0.690. The summed E-state index contributed by atoms with van der Waals surface area (Å²) in [6.45, 7) is 0.624. The monoisotopic (exact) mass is 387 g/mol. The van der Waals surface area contributed by atoms with Crippen LogP contribution in [-0.4, -0.2) is 46.0 Å². The number of H-pyrrole nitrogens is 1. The topological polar surface area (TPSA) is 91.8 Å². The van der Waals surface area contributed by atoms with Gasteiger partial charge in [0.1, 0.15) is 16.5 Å². The Kier molecular flexibility index (Phi) is 4.71. The zero-order valence-corrected chi connectivity index (χ0v) is 15.2. The maximum atomic E-state index is 13.9. The Morgan fingerprint density at radius 3 is 2.48 bits per heavy atom. The van der Waals surface area contributed by atoms with Crippen LogP contribution in [0.5, 0.6) is 0 Å². The lowest BCUT2D eigenvalue weighted by Gasteiger charge is -2.30. The van der Waals surface area contributed by atoms with Crippen LogP contribution < -0.4 is 0 Å². The van der Waals surface area contributed by atoms with E-state index in [-0.39, 0.29) is 10.8 Å². The van der Waals surface area contributed by atoms with Gasteiger partial charge in [0.15, 0.2) is 5.82 Å². The Bertz CT molecular complexity index is 1030. The fourth-order valence-corrected chi connectivity index (χ4v) is 4.78. The molecule has 1 aromatic carbocycles. The minimum absolute atomic E-state index is 0.0835. The summed E-state index contributed by atoms with van der Waals surface area (Å²) in [7, 11) is -3.83. The lowest BCUT2D eigenvalue weighted by molar-refractivity contribution is 0.312. The van der Waals surface area contributed by atoms with Crippen LogP contribution in [0.3, 0.4) is 0 Å². The SMILES string of the molecule is O=S(=O)(c1ccccc1F)N1CCC(c2nc(-c3ccncc3)n[nH]2)CC1. The van der Waals surface area contributed by atoms with Crippen molar-refractivity contribution in [1.29, 1.82) is 0 Å². The van der Waals surface area contributed by atoms with E-state index < -0.39 is 15.8 Å². The van der Waals surface area contributed by atoms with Crippen molar-refractivity contribution in [2.75, 3.05) is 13.1 Å². The van der Waals surface area contributed by atoms with Crippen molar-refractivity contribution < 1.29 is 12.8 Å². The van der Waals surface area contributed by atoms with Crippen molar-refractivity contribution >= 4 is 10.0 Å². The average molecular weight is 387 g/mol. The second-order valence-corrected chi connectivity index (χ2v) is 8.30. The number of pyridine rings is 1. The molecular formula is C18H18FN5O2S. The Morgan fingerprint density at radius 2 is 1.78 bits per heavy atom. The standard InChI is InChI=1S/C18H18FN5O2S/c19-15-3-1-2-4-16(15)27(25,26)24-11-7-14(8-12-24)18-21-17(22-23-18)13-5-9-20-10-6-13/h1-6,9-10,14H,7-8,11-12H2,(H,21,22,23). The molecule has 27 heavy (non-hydrogen) atoms. The molecule has 0 unspecified atom stereocenters. The number of sulfonamides is 1. The van der Waals surface area contributed by atoms with Crippen LogP contribution in [0.4, 0.5) is 4.39 Å². The Morgan fingerprint density at radius 1 is 1.07 bits per heavy atom. The van der Waals surface area contributed by atoms with Crippen LogP contribution >= 0.6 is 0 Å². The number of aromatic nitrogens is 4. The van der Waals surface area contributed by atoms with Crippen LogP contribution in [0.15, 0.2) is 53.7 Å².